The topological polar surface area (TPSA) is 85.8 Å². The number of aromatic nitrogens is 4. The Kier molecular flexibility index (Phi) is 4.10. The van der Waals surface area contributed by atoms with E-state index in [1.54, 1.807) is 27.9 Å². The Morgan fingerprint density at radius 3 is 2.82 bits per heavy atom. The molecule has 1 amide bonds. The van der Waals surface area contributed by atoms with Crippen LogP contribution in [0.2, 0.25) is 0 Å². The predicted molar refractivity (Wildman–Crippen MR) is 99.5 cm³/mol. The monoisotopic (exact) mass is 375 g/mol. The maximum atomic E-state index is 12.6. The third kappa shape index (κ3) is 2.93. The summed E-state index contributed by atoms with van der Waals surface area (Å²) in [5.74, 6) is -0.0708. The molecule has 0 aromatic carbocycles. The zero-order chi connectivity index (χ0) is 18.9. The van der Waals surface area contributed by atoms with E-state index in [1.165, 1.54) is 12.5 Å². The number of carbonyl (C=O) groups excluding carboxylic acids is 1. The lowest BCUT2D eigenvalue weighted by Crippen LogP contribution is -2.42. The number of fused-ring (bicyclic) bond motifs is 1. The fourth-order valence-electron chi connectivity index (χ4n) is 3.43. The summed E-state index contributed by atoms with van der Waals surface area (Å²) in [6.45, 7) is 1.40. The van der Waals surface area contributed by atoms with Crippen LogP contribution in [0.1, 0.15) is 22.2 Å². The molecule has 1 fully saturated rings. The van der Waals surface area contributed by atoms with E-state index in [1.807, 2.05) is 30.5 Å². The van der Waals surface area contributed by atoms with Crippen molar-refractivity contribution in [2.24, 2.45) is 0 Å². The Balaban J connectivity index is 1.42. The molecular formula is C20H17N5O3. The van der Waals surface area contributed by atoms with Crippen LogP contribution in [0.15, 0.2) is 65.9 Å². The quantitative estimate of drug-likeness (QED) is 0.547. The second kappa shape index (κ2) is 6.90. The lowest BCUT2D eigenvalue weighted by Gasteiger charge is -2.31. The zero-order valence-electron chi connectivity index (χ0n) is 14.9. The van der Waals surface area contributed by atoms with Gasteiger partial charge in [0.25, 0.3) is 5.91 Å². The molecule has 8 heteroatoms. The highest BCUT2D eigenvalue weighted by Gasteiger charge is 2.29. The molecule has 1 aliphatic heterocycles. The minimum absolute atomic E-state index is 0.0708. The number of rotatable bonds is 3. The Morgan fingerprint density at radius 2 is 2.00 bits per heavy atom. The molecule has 0 bridgehead atoms. The van der Waals surface area contributed by atoms with E-state index in [4.69, 9.17) is 9.15 Å². The van der Waals surface area contributed by atoms with Gasteiger partial charge < -0.3 is 14.1 Å². The molecular weight excluding hydrogens is 358 g/mol. The van der Waals surface area contributed by atoms with Gasteiger partial charge in [-0.15, -0.1) is 5.10 Å². The zero-order valence-corrected chi connectivity index (χ0v) is 14.9. The van der Waals surface area contributed by atoms with E-state index in [-0.39, 0.29) is 12.0 Å². The summed E-state index contributed by atoms with van der Waals surface area (Å²) >= 11 is 0. The second-order valence-corrected chi connectivity index (χ2v) is 6.58. The van der Waals surface area contributed by atoms with Gasteiger partial charge in [0, 0.05) is 30.7 Å². The summed E-state index contributed by atoms with van der Waals surface area (Å²) in [7, 11) is 0. The van der Waals surface area contributed by atoms with E-state index < -0.39 is 0 Å². The van der Waals surface area contributed by atoms with Crippen molar-refractivity contribution in [3.8, 4) is 11.1 Å². The van der Waals surface area contributed by atoms with Gasteiger partial charge in [-0.05, 0) is 29.8 Å². The average Bonchev–Trinajstić information content (AvgIpc) is 3.43. The highest BCUT2D eigenvalue weighted by Crippen LogP contribution is 2.27. The summed E-state index contributed by atoms with van der Waals surface area (Å²) in [6.07, 6.45) is 8.08. The van der Waals surface area contributed by atoms with E-state index in [0.717, 1.165) is 22.3 Å². The van der Waals surface area contributed by atoms with Crippen LogP contribution in [0.3, 0.4) is 0 Å². The van der Waals surface area contributed by atoms with Crippen LogP contribution in [0.5, 0.6) is 0 Å². The van der Waals surface area contributed by atoms with Crippen LogP contribution in [0.25, 0.3) is 16.6 Å². The van der Waals surface area contributed by atoms with Crippen molar-refractivity contribution in [3.63, 3.8) is 0 Å². The fourth-order valence-corrected chi connectivity index (χ4v) is 3.43. The third-order valence-corrected chi connectivity index (χ3v) is 4.88. The van der Waals surface area contributed by atoms with Crippen molar-refractivity contribution in [2.45, 2.75) is 6.10 Å². The van der Waals surface area contributed by atoms with Crippen LogP contribution in [-0.2, 0) is 4.74 Å². The number of morpholine rings is 1. The van der Waals surface area contributed by atoms with Crippen molar-refractivity contribution in [1.29, 1.82) is 0 Å². The summed E-state index contributed by atoms with van der Waals surface area (Å²) in [6, 6.07) is 9.56. The van der Waals surface area contributed by atoms with Gasteiger partial charge in [-0.25, -0.2) is 4.52 Å². The van der Waals surface area contributed by atoms with Gasteiger partial charge in [0.05, 0.1) is 30.5 Å². The minimum atomic E-state index is -0.325. The highest BCUT2D eigenvalue weighted by molar-refractivity contribution is 5.93. The third-order valence-electron chi connectivity index (χ3n) is 4.88. The Labute approximate surface area is 160 Å². The lowest BCUT2D eigenvalue weighted by molar-refractivity contribution is -0.0241. The molecule has 0 spiro atoms. The maximum absolute atomic E-state index is 12.6. The number of nitrogens with zero attached hydrogens (tertiary/aromatic N) is 5. The van der Waals surface area contributed by atoms with Gasteiger partial charge >= 0.3 is 0 Å². The summed E-state index contributed by atoms with van der Waals surface area (Å²) in [4.78, 5) is 18.4. The Bertz CT molecular complexity index is 1110. The molecule has 0 N–H and O–H groups in total. The molecule has 4 aromatic heterocycles. The molecule has 28 heavy (non-hydrogen) atoms. The van der Waals surface area contributed by atoms with Crippen molar-refractivity contribution in [3.05, 3.63) is 72.7 Å². The number of hydrogen-bond acceptors (Lipinski definition) is 6. The van der Waals surface area contributed by atoms with E-state index in [0.29, 0.717) is 25.3 Å². The smallest absolute Gasteiger partial charge is 0.257 e. The molecule has 140 valence electrons. The number of pyridine rings is 2. The van der Waals surface area contributed by atoms with E-state index >= 15 is 0 Å². The largest absolute Gasteiger partial charge is 0.472 e. The minimum Gasteiger partial charge on any atom is -0.472 e. The van der Waals surface area contributed by atoms with Crippen LogP contribution >= 0.6 is 0 Å². The van der Waals surface area contributed by atoms with E-state index in [9.17, 15) is 4.79 Å². The molecule has 1 saturated heterocycles. The first kappa shape index (κ1) is 16.6. The number of amides is 1. The van der Waals surface area contributed by atoms with Gasteiger partial charge in [-0.3, -0.25) is 9.78 Å². The molecule has 8 nitrogen and oxygen atoms in total. The number of furan rings is 1. The lowest BCUT2D eigenvalue weighted by atomic mass is 10.1. The van der Waals surface area contributed by atoms with Crippen LogP contribution in [0, 0.1) is 0 Å². The molecule has 0 aliphatic carbocycles. The first-order valence-corrected chi connectivity index (χ1v) is 8.98. The average molecular weight is 375 g/mol. The molecule has 1 atom stereocenters. The van der Waals surface area contributed by atoms with Gasteiger partial charge in [0.2, 0.25) is 0 Å². The summed E-state index contributed by atoms with van der Waals surface area (Å²) < 4.78 is 12.7. The van der Waals surface area contributed by atoms with Crippen LogP contribution < -0.4 is 0 Å². The summed E-state index contributed by atoms with van der Waals surface area (Å²) in [5, 5.41) is 8.58. The summed E-state index contributed by atoms with van der Waals surface area (Å²) in [5.41, 5.74) is 4.20. The van der Waals surface area contributed by atoms with Gasteiger partial charge in [-0.1, -0.05) is 11.3 Å². The molecule has 5 heterocycles. The number of carbonyl (C=O) groups is 1. The van der Waals surface area contributed by atoms with Crippen molar-refractivity contribution < 1.29 is 13.9 Å². The second-order valence-electron chi connectivity index (χ2n) is 6.58. The fraction of sp³-hybridized carbons (Fsp3) is 0.200. The molecule has 1 unspecified atom stereocenters. The van der Waals surface area contributed by atoms with Crippen molar-refractivity contribution in [1.82, 2.24) is 24.7 Å². The van der Waals surface area contributed by atoms with Gasteiger partial charge in [0.15, 0.2) is 0 Å². The number of ether oxygens (including phenoxy) is 1. The van der Waals surface area contributed by atoms with Gasteiger partial charge in [-0.2, -0.15) is 0 Å². The van der Waals surface area contributed by atoms with Crippen molar-refractivity contribution >= 4 is 11.4 Å². The predicted octanol–water partition coefficient (Wildman–Crippen LogP) is 2.60. The van der Waals surface area contributed by atoms with Crippen molar-refractivity contribution in [2.75, 3.05) is 19.7 Å². The first-order chi connectivity index (χ1) is 13.8. The molecule has 0 radical (unpaired) electrons. The Hall–Kier alpha value is -3.52. The standard InChI is InChI=1S/C20H17N5O3/c26-20(16-5-9-27-13-16)24-8-10-28-18(12-24)19-17-2-1-15(11-25(17)23-22-19)14-3-6-21-7-4-14/h1-7,9,11,13,18H,8,10,12H2. The molecule has 4 aromatic rings. The highest BCUT2D eigenvalue weighted by atomic mass is 16.5. The maximum Gasteiger partial charge on any atom is 0.257 e. The van der Waals surface area contributed by atoms with Crippen LogP contribution in [0.4, 0.5) is 0 Å². The normalized spacial score (nSPS) is 17.1. The SMILES string of the molecule is O=C(c1ccoc1)N1CCOC(c2nnn3cc(-c4ccncc4)ccc23)C1. The van der Waals surface area contributed by atoms with Gasteiger partial charge in [0.1, 0.15) is 18.1 Å². The molecule has 1 aliphatic rings. The van der Waals surface area contributed by atoms with Crippen LogP contribution in [-0.4, -0.2) is 50.3 Å². The first-order valence-electron chi connectivity index (χ1n) is 8.98. The molecule has 5 rings (SSSR count). The molecule has 0 saturated carbocycles. The Morgan fingerprint density at radius 1 is 1.11 bits per heavy atom. The van der Waals surface area contributed by atoms with E-state index in [2.05, 4.69) is 15.3 Å². The number of hydrogen-bond donors (Lipinski definition) is 0.